The zero-order chi connectivity index (χ0) is 10.2. The molecule has 0 radical (unpaired) electrons. The first-order chi connectivity index (χ1) is 5.82. The lowest BCUT2D eigenvalue weighted by molar-refractivity contribution is -0.139. The van der Waals surface area contributed by atoms with Crippen molar-refractivity contribution in [3.63, 3.8) is 0 Å². The van der Waals surface area contributed by atoms with E-state index in [1.165, 1.54) is 0 Å². The zero-order valence-electron chi connectivity index (χ0n) is 5.99. The molecule has 72 valence electrons. The van der Waals surface area contributed by atoms with Crippen molar-refractivity contribution in [1.29, 1.82) is 0 Å². The van der Waals surface area contributed by atoms with Gasteiger partial charge in [-0.05, 0) is 22.0 Å². The molecule has 0 fully saturated rings. The van der Waals surface area contributed by atoms with E-state index in [1.807, 2.05) is 0 Å². The third-order valence-corrected chi connectivity index (χ3v) is 1.94. The molecule has 0 atom stereocenters. The standard InChI is InChI=1S/C7H3BrF4O/c8-4-1-3(9)2-5(13)6(4)7(10,11)12/h1-2,13H. The zero-order valence-corrected chi connectivity index (χ0v) is 7.58. The van der Waals surface area contributed by atoms with Crippen LogP contribution in [-0.4, -0.2) is 5.11 Å². The average Bonchev–Trinajstić information content (AvgIpc) is 1.78. The monoisotopic (exact) mass is 258 g/mol. The number of phenols is 1. The van der Waals surface area contributed by atoms with Crippen LogP contribution in [0.2, 0.25) is 0 Å². The van der Waals surface area contributed by atoms with Gasteiger partial charge < -0.3 is 5.11 Å². The molecule has 1 aromatic rings. The predicted octanol–water partition coefficient (Wildman–Crippen LogP) is 3.31. The molecule has 13 heavy (non-hydrogen) atoms. The minimum Gasteiger partial charge on any atom is -0.507 e. The molecule has 0 heterocycles. The molecule has 0 aromatic heterocycles. The van der Waals surface area contributed by atoms with Crippen LogP contribution >= 0.6 is 15.9 Å². The molecule has 0 aliphatic rings. The van der Waals surface area contributed by atoms with E-state index in [-0.39, 0.29) is 0 Å². The molecule has 6 heteroatoms. The second-order valence-electron chi connectivity index (χ2n) is 2.28. The van der Waals surface area contributed by atoms with Crippen LogP contribution in [0.4, 0.5) is 17.6 Å². The summed E-state index contributed by atoms with van der Waals surface area (Å²) >= 11 is 2.51. The van der Waals surface area contributed by atoms with Gasteiger partial charge in [0.2, 0.25) is 0 Å². The van der Waals surface area contributed by atoms with Gasteiger partial charge in [-0.25, -0.2) is 4.39 Å². The van der Waals surface area contributed by atoms with Gasteiger partial charge in [0, 0.05) is 10.5 Å². The molecule has 0 saturated heterocycles. The van der Waals surface area contributed by atoms with Crippen LogP contribution in [0, 0.1) is 5.82 Å². The molecule has 1 rings (SSSR count). The Hall–Kier alpha value is -0.780. The summed E-state index contributed by atoms with van der Waals surface area (Å²) < 4.78 is 48.3. The topological polar surface area (TPSA) is 20.2 Å². The Bertz CT molecular complexity index is 311. The van der Waals surface area contributed by atoms with Crippen molar-refractivity contribution >= 4 is 15.9 Å². The highest BCUT2D eigenvalue weighted by atomic mass is 79.9. The van der Waals surface area contributed by atoms with Crippen molar-refractivity contribution in [3.8, 4) is 5.75 Å². The van der Waals surface area contributed by atoms with Gasteiger partial charge in [0.05, 0.1) is 0 Å². The molecular formula is C7H3BrF4O. The van der Waals surface area contributed by atoms with Gasteiger partial charge in [0.1, 0.15) is 17.1 Å². The van der Waals surface area contributed by atoms with Crippen LogP contribution in [0.25, 0.3) is 0 Å². The molecule has 0 bridgehead atoms. The summed E-state index contributed by atoms with van der Waals surface area (Å²) in [4.78, 5) is 0. The molecule has 0 unspecified atom stereocenters. The van der Waals surface area contributed by atoms with Crippen molar-refractivity contribution in [2.24, 2.45) is 0 Å². The minimum atomic E-state index is -4.70. The molecule has 0 aliphatic heterocycles. The lowest BCUT2D eigenvalue weighted by Crippen LogP contribution is -2.06. The van der Waals surface area contributed by atoms with Crippen LogP contribution in [0.1, 0.15) is 5.56 Å². The third kappa shape index (κ3) is 2.12. The number of benzene rings is 1. The molecule has 1 nitrogen and oxygen atoms in total. The maximum Gasteiger partial charge on any atom is 0.421 e. The Morgan fingerprint density at radius 3 is 2.15 bits per heavy atom. The van der Waals surface area contributed by atoms with Crippen molar-refractivity contribution in [3.05, 3.63) is 28.0 Å². The van der Waals surface area contributed by atoms with E-state index in [2.05, 4.69) is 15.9 Å². The normalized spacial score (nSPS) is 11.8. The minimum absolute atomic E-state index is 0.410. The highest BCUT2D eigenvalue weighted by molar-refractivity contribution is 9.10. The van der Waals surface area contributed by atoms with Crippen LogP contribution in [0.3, 0.4) is 0 Å². The van der Waals surface area contributed by atoms with Gasteiger partial charge in [-0.15, -0.1) is 0 Å². The summed E-state index contributed by atoms with van der Waals surface area (Å²) in [6, 6.07) is 1.05. The second kappa shape index (κ2) is 3.17. The number of halogens is 5. The van der Waals surface area contributed by atoms with Gasteiger partial charge in [0.15, 0.2) is 0 Å². The summed E-state index contributed by atoms with van der Waals surface area (Å²) in [6.45, 7) is 0. The van der Waals surface area contributed by atoms with Gasteiger partial charge in [-0.2, -0.15) is 13.2 Å². The third-order valence-electron chi connectivity index (χ3n) is 1.32. The van der Waals surface area contributed by atoms with Gasteiger partial charge in [0.25, 0.3) is 0 Å². The maximum absolute atomic E-state index is 12.4. The van der Waals surface area contributed by atoms with Gasteiger partial charge in [-0.1, -0.05) is 0 Å². The Kier molecular flexibility index (Phi) is 2.51. The summed E-state index contributed by atoms with van der Waals surface area (Å²) in [5, 5.41) is 8.82. The molecule has 0 saturated carbocycles. The number of hydrogen-bond acceptors (Lipinski definition) is 1. The molecule has 1 N–H and O–H groups in total. The van der Waals surface area contributed by atoms with E-state index in [1.54, 1.807) is 0 Å². The van der Waals surface area contributed by atoms with E-state index in [0.29, 0.717) is 12.1 Å². The van der Waals surface area contributed by atoms with E-state index in [0.717, 1.165) is 0 Å². The number of aromatic hydroxyl groups is 1. The average molecular weight is 259 g/mol. The van der Waals surface area contributed by atoms with Gasteiger partial charge in [-0.3, -0.25) is 0 Å². The predicted molar refractivity (Wildman–Crippen MR) is 40.8 cm³/mol. The summed E-state index contributed by atoms with van der Waals surface area (Å²) in [5.74, 6) is -2.06. The largest absolute Gasteiger partial charge is 0.507 e. The molecular weight excluding hydrogens is 256 g/mol. The fourth-order valence-corrected chi connectivity index (χ4v) is 1.49. The number of phenolic OH excluding ortho intramolecular Hbond substituents is 1. The number of alkyl halides is 3. The SMILES string of the molecule is Oc1cc(F)cc(Br)c1C(F)(F)F. The van der Waals surface area contributed by atoms with Gasteiger partial charge >= 0.3 is 6.18 Å². The first-order valence-electron chi connectivity index (χ1n) is 3.07. The highest BCUT2D eigenvalue weighted by Gasteiger charge is 2.36. The Labute approximate surface area is 79.1 Å². The second-order valence-corrected chi connectivity index (χ2v) is 3.13. The van der Waals surface area contributed by atoms with E-state index in [4.69, 9.17) is 5.11 Å². The molecule has 0 spiro atoms. The quantitative estimate of drug-likeness (QED) is 0.708. The van der Waals surface area contributed by atoms with Crippen LogP contribution in [0.5, 0.6) is 5.75 Å². The fourth-order valence-electron chi connectivity index (χ4n) is 0.841. The van der Waals surface area contributed by atoms with Crippen molar-refractivity contribution in [2.45, 2.75) is 6.18 Å². The first kappa shape index (κ1) is 10.3. The number of rotatable bonds is 0. The van der Waals surface area contributed by atoms with Crippen LogP contribution in [-0.2, 0) is 6.18 Å². The van der Waals surface area contributed by atoms with Crippen molar-refractivity contribution in [2.75, 3.05) is 0 Å². The van der Waals surface area contributed by atoms with E-state index in [9.17, 15) is 17.6 Å². The molecule has 0 amide bonds. The van der Waals surface area contributed by atoms with Crippen molar-refractivity contribution in [1.82, 2.24) is 0 Å². The molecule has 1 aromatic carbocycles. The Morgan fingerprint density at radius 2 is 1.77 bits per heavy atom. The highest BCUT2D eigenvalue weighted by Crippen LogP contribution is 2.40. The van der Waals surface area contributed by atoms with E-state index < -0.39 is 27.8 Å². The Balaban J connectivity index is 3.38. The number of hydrogen-bond donors (Lipinski definition) is 1. The van der Waals surface area contributed by atoms with Crippen molar-refractivity contribution < 1.29 is 22.7 Å². The maximum atomic E-state index is 12.4. The lowest BCUT2D eigenvalue weighted by Gasteiger charge is -2.10. The summed E-state index contributed by atoms with van der Waals surface area (Å²) in [7, 11) is 0. The van der Waals surface area contributed by atoms with Crippen LogP contribution in [0.15, 0.2) is 16.6 Å². The summed E-state index contributed by atoms with van der Waals surface area (Å²) in [5.41, 5.74) is -1.27. The first-order valence-corrected chi connectivity index (χ1v) is 3.87. The Morgan fingerprint density at radius 1 is 1.23 bits per heavy atom. The summed E-state index contributed by atoms with van der Waals surface area (Å²) in [6.07, 6.45) is -4.70. The van der Waals surface area contributed by atoms with Crippen LogP contribution < -0.4 is 0 Å². The molecule has 0 aliphatic carbocycles. The smallest absolute Gasteiger partial charge is 0.421 e. The fraction of sp³-hybridized carbons (Fsp3) is 0.143. The van der Waals surface area contributed by atoms with E-state index >= 15 is 0 Å². The lowest BCUT2D eigenvalue weighted by atomic mass is 10.2.